The first-order valence-corrected chi connectivity index (χ1v) is 5.37. The van der Waals surface area contributed by atoms with E-state index in [9.17, 15) is 0 Å². The molecule has 14 heavy (non-hydrogen) atoms. The van der Waals surface area contributed by atoms with Crippen molar-refractivity contribution in [1.82, 2.24) is 9.97 Å². The fourth-order valence-electron chi connectivity index (χ4n) is 1.23. The number of rotatable bonds is 3. The van der Waals surface area contributed by atoms with Crippen LogP contribution in [-0.4, -0.2) is 9.97 Å². The number of thiophene rings is 1. The van der Waals surface area contributed by atoms with Gasteiger partial charge in [0.1, 0.15) is 0 Å². The van der Waals surface area contributed by atoms with Crippen LogP contribution in [0.5, 0.6) is 0 Å². The van der Waals surface area contributed by atoms with Crippen LogP contribution in [0.1, 0.15) is 11.3 Å². The van der Waals surface area contributed by atoms with Gasteiger partial charge in [0.2, 0.25) is 0 Å². The Hall–Kier alpha value is -1.22. The van der Waals surface area contributed by atoms with Gasteiger partial charge >= 0.3 is 0 Å². The lowest BCUT2D eigenvalue weighted by Crippen LogP contribution is -1.82. The predicted molar refractivity (Wildman–Crippen MR) is 59.0 cm³/mol. The van der Waals surface area contributed by atoms with Crippen LogP contribution in [-0.2, 0) is 6.42 Å². The third kappa shape index (κ3) is 1.99. The third-order valence-electron chi connectivity index (χ3n) is 1.87. The topological polar surface area (TPSA) is 25.8 Å². The Morgan fingerprint density at radius 1 is 1.21 bits per heavy atom. The van der Waals surface area contributed by atoms with Crippen LogP contribution < -0.4 is 0 Å². The summed E-state index contributed by atoms with van der Waals surface area (Å²) in [6.45, 7) is 3.84. The van der Waals surface area contributed by atoms with Crippen molar-refractivity contribution in [2.75, 3.05) is 0 Å². The zero-order chi connectivity index (χ0) is 9.80. The van der Waals surface area contributed by atoms with E-state index in [-0.39, 0.29) is 0 Å². The summed E-state index contributed by atoms with van der Waals surface area (Å²) < 4.78 is 0. The molecule has 0 fully saturated rings. The van der Waals surface area contributed by atoms with Crippen molar-refractivity contribution in [3.05, 3.63) is 42.4 Å². The van der Waals surface area contributed by atoms with Crippen LogP contribution >= 0.6 is 11.3 Å². The van der Waals surface area contributed by atoms with Crippen LogP contribution in [0.3, 0.4) is 0 Å². The third-order valence-corrected chi connectivity index (χ3v) is 3.01. The fourth-order valence-corrected chi connectivity index (χ4v) is 2.23. The Morgan fingerprint density at radius 3 is 2.71 bits per heavy atom. The van der Waals surface area contributed by atoms with Crippen molar-refractivity contribution < 1.29 is 0 Å². The normalized spacial score (nSPS) is 10.4. The maximum atomic E-state index is 4.21. The van der Waals surface area contributed by atoms with Gasteiger partial charge in [0.15, 0.2) is 5.82 Å². The molecule has 0 bridgehead atoms. The molecule has 2 rings (SSSR count). The Balaban J connectivity index is 2.25. The summed E-state index contributed by atoms with van der Waals surface area (Å²) in [5.41, 5.74) is 0. The Labute approximate surface area is 87.7 Å². The van der Waals surface area contributed by atoms with E-state index >= 15 is 0 Å². The summed E-state index contributed by atoms with van der Waals surface area (Å²) >= 11 is 1.75. The summed E-state index contributed by atoms with van der Waals surface area (Å²) in [5.74, 6) is 0.813. The summed E-state index contributed by atoms with van der Waals surface area (Å²) in [6.07, 6.45) is 5.51. The first-order chi connectivity index (χ1) is 6.90. The standard InChI is InChI=1S/C11H11N2S/c1-2-4-9-5-6-10(14-9)11-12-7-3-8-13-11/h3,5-8H,1-2,4H2. The van der Waals surface area contributed by atoms with Crippen LogP contribution in [0.4, 0.5) is 0 Å². The average molecular weight is 203 g/mol. The number of aromatic nitrogens is 2. The molecule has 0 aliphatic heterocycles. The molecule has 2 heterocycles. The molecule has 0 unspecified atom stereocenters. The van der Waals surface area contributed by atoms with E-state index in [1.165, 1.54) is 4.88 Å². The molecule has 0 spiro atoms. The van der Waals surface area contributed by atoms with Crippen LogP contribution in [0.15, 0.2) is 30.6 Å². The molecule has 2 aromatic rings. The minimum absolute atomic E-state index is 0.813. The zero-order valence-corrected chi connectivity index (χ0v) is 8.63. The molecule has 0 saturated heterocycles. The Kier molecular flexibility index (Phi) is 2.89. The molecule has 0 atom stereocenters. The fraction of sp³-hybridized carbons (Fsp3) is 0.182. The summed E-state index contributed by atoms with van der Waals surface area (Å²) in [7, 11) is 0. The number of nitrogens with zero attached hydrogens (tertiary/aromatic N) is 2. The minimum atomic E-state index is 0.813. The summed E-state index contributed by atoms with van der Waals surface area (Å²) in [5, 5.41) is 0. The van der Waals surface area contributed by atoms with E-state index < -0.39 is 0 Å². The molecule has 0 aromatic carbocycles. The van der Waals surface area contributed by atoms with Crippen molar-refractivity contribution >= 4 is 11.3 Å². The lowest BCUT2D eigenvalue weighted by atomic mass is 10.3. The van der Waals surface area contributed by atoms with Crippen molar-refractivity contribution in [3.63, 3.8) is 0 Å². The smallest absolute Gasteiger partial charge is 0.169 e. The molecule has 2 nitrogen and oxygen atoms in total. The van der Waals surface area contributed by atoms with Crippen LogP contribution in [0.25, 0.3) is 10.7 Å². The molecule has 1 radical (unpaired) electrons. The van der Waals surface area contributed by atoms with Crippen molar-refractivity contribution in [2.45, 2.75) is 12.8 Å². The largest absolute Gasteiger partial charge is 0.236 e. The first-order valence-electron chi connectivity index (χ1n) is 4.55. The van der Waals surface area contributed by atoms with Crippen molar-refractivity contribution in [1.29, 1.82) is 0 Å². The lowest BCUT2D eigenvalue weighted by molar-refractivity contribution is 1.03. The maximum Gasteiger partial charge on any atom is 0.169 e. The maximum absolute atomic E-state index is 4.21. The van der Waals surface area contributed by atoms with Gasteiger partial charge in [-0.3, -0.25) is 0 Å². The predicted octanol–water partition coefficient (Wildman–Crippen LogP) is 2.97. The number of hydrogen-bond acceptors (Lipinski definition) is 3. The quantitative estimate of drug-likeness (QED) is 0.766. The molecule has 0 aliphatic rings. The van der Waals surface area contributed by atoms with Gasteiger partial charge in [0.05, 0.1) is 4.88 Å². The molecule has 0 saturated carbocycles. The van der Waals surface area contributed by atoms with E-state index in [2.05, 4.69) is 29.0 Å². The second kappa shape index (κ2) is 4.33. The van der Waals surface area contributed by atoms with Gasteiger partial charge in [-0.1, -0.05) is 6.92 Å². The highest BCUT2D eigenvalue weighted by Crippen LogP contribution is 2.25. The lowest BCUT2D eigenvalue weighted by Gasteiger charge is -1.92. The molecule has 71 valence electrons. The Bertz CT molecular complexity index is 395. The second-order valence-electron chi connectivity index (χ2n) is 2.94. The van der Waals surface area contributed by atoms with Gasteiger partial charge in [-0.2, -0.15) is 0 Å². The van der Waals surface area contributed by atoms with Gasteiger partial charge in [-0.25, -0.2) is 9.97 Å². The minimum Gasteiger partial charge on any atom is -0.236 e. The molecule has 3 heteroatoms. The highest BCUT2D eigenvalue weighted by molar-refractivity contribution is 7.15. The van der Waals surface area contributed by atoms with E-state index in [4.69, 9.17) is 0 Å². The molecular formula is C11H11N2S. The Morgan fingerprint density at radius 2 is 2.00 bits per heavy atom. The van der Waals surface area contributed by atoms with Gasteiger partial charge in [0, 0.05) is 17.3 Å². The monoisotopic (exact) mass is 203 g/mol. The molecule has 0 aliphatic carbocycles. The van der Waals surface area contributed by atoms with E-state index in [1.54, 1.807) is 23.7 Å². The number of hydrogen-bond donors (Lipinski definition) is 0. The van der Waals surface area contributed by atoms with Gasteiger partial charge in [0.25, 0.3) is 0 Å². The van der Waals surface area contributed by atoms with Crippen molar-refractivity contribution in [2.24, 2.45) is 0 Å². The van der Waals surface area contributed by atoms with Crippen LogP contribution in [0, 0.1) is 6.92 Å². The van der Waals surface area contributed by atoms with E-state index in [0.717, 1.165) is 23.5 Å². The summed E-state index contributed by atoms with van der Waals surface area (Å²) in [6, 6.07) is 6.03. The highest BCUT2D eigenvalue weighted by atomic mass is 32.1. The average Bonchev–Trinajstić information content (AvgIpc) is 2.68. The van der Waals surface area contributed by atoms with Crippen LogP contribution in [0.2, 0.25) is 0 Å². The molecule has 2 aromatic heterocycles. The van der Waals surface area contributed by atoms with Crippen molar-refractivity contribution in [3.8, 4) is 10.7 Å². The highest BCUT2D eigenvalue weighted by Gasteiger charge is 2.03. The van der Waals surface area contributed by atoms with Gasteiger partial charge in [-0.15, -0.1) is 11.3 Å². The van der Waals surface area contributed by atoms with Gasteiger partial charge < -0.3 is 0 Å². The number of aryl methyl sites for hydroxylation is 1. The van der Waals surface area contributed by atoms with E-state index in [0.29, 0.717) is 0 Å². The summed E-state index contributed by atoms with van der Waals surface area (Å²) in [4.78, 5) is 10.9. The zero-order valence-electron chi connectivity index (χ0n) is 7.81. The second-order valence-corrected chi connectivity index (χ2v) is 4.11. The molecule has 0 N–H and O–H groups in total. The molecule has 0 amide bonds. The first kappa shape index (κ1) is 9.34. The van der Waals surface area contributed by atoms with Gasteiger partial charge in [-0.05, 0) is 31.0 Å². The SMILES string of the molecule is [CH2]CCc1ccc(-c2ncccn2)s1. The van der Waals surface area contributed by atoms with E-state index in [1.807, 2.05) is 6.07 Å². The molecular weight excluding hydrogens is 192 g/mol.